The molecular weight excluding hydrogens is 926 g/mol. The Morgan fingerprint density at radius 1 is 0.800 bits per heavy atom. The molecule has 1 aromatic heterocycles. The van der Waals surface area contributed by atoms with Gasteiger partial charge in [0.15, 0.2) is 6.10 Å². The molecule has 1 aliphatic heterocycles. The number of carbonyl (C=O) groups is 3. The van der Waals surface area contributed by atoms with Crippen molar-refractivity contribution in [2.45, 2.75) is 56.4 Å². The van der Waals surface area contributed by atoms with Crippen molar-refractivity contribution < 1.29 is 77.1 Å². The average Bonchev–Trinajstić information content (AvgIpc) is 3.70. The highest BCUT2D eigenvalue weighted by atomic mass is 79.9. The Labute approximate surface area is 363 Å². The van der Waals surface area contributed by atoms with Crippen LogP contribution in [0.5, 0.6) is 11.5 Å². The van der Waals surface area contributed by atoms with Crippen molar-refractivity contribution in [3.63, 3.8) is 0 Å². The van der Waals surface area contributed by atoms with E-state index in [2.05, 4.69) is 64.1 Å². The minimum Gasteiger partial charge on any atom is -0.489 e. The number of esters is 1. The average molecular weight is 980 g/mol. The molecule has 1 saturated carbocycles. The van der Waals surface area contributed by atoms with Gasteiger partial charge in [-0.2, -0.15) is 0 Å². The van der Waals surface area contributed by atoms with Gasteiger partial charge in [-0.15, -0.1) is 11.8 Å². The van der Waals surface area contributed by atoms with Crippen molar-refractivity contribution in [2.24, 2.45) is 17.8 Å². The van der Waals surface area contributed by atoms with E-state index in [1.165, 1.54) is 6.20 Å². The van der Waals surface area contributed by atoms with Gasteiger partial charge in [0.05, 0.1) is 86.4 Å². The van der Waals surface area contributed by atoms with Gasteiger partial charge in [0.25, 0.3) is 0 Å². The van der Waals surface area contributed by atoms with E-state index in [1.807, 2.05) is 0 Å². The lowest BCUT2D eigenvalue weighted by atomic mass is 9.99. The van der Waals surface area contributed by atoms with Crippen molar-refractivity contribution in [2.75, 3.05) is 92.9 Å². The van der Waals surface area contributed by atoms with Gasteiger partial charge >= 0.3 is 18.2 Å². The van der Waals surface area contributed by atoms with E-state index in [0.717, 1.165) is 32.8 Å². The number of nitrogens with one attached hydrogen (secondary N) is 3. The molecule has 3 aliphatic rings. The topological polar surface area (TPSA) is 244 Å². The van der Waals surface area contributed by atoms with Gasteiger partial charge in [0, 0.05) is 32.1 Å². The van der Waals surface area contributed by atoms with Gasteiger partial charge in [-0.3, -0.25) is 0 Å². The Bertz CT molecular complexity index is 1740. The first-order valence-electron chi connectivity index (χ1n) is 19.7. The van der Waals surface area contributed by atoms with Crippen LogP contribution in [0.15, 0.2) is 21.2 Å². The first-order valence-corrected chi connectivity index (χ1v) is 21.3. The van der Waals surface area contributed by atoms with Crippen LogP contribution in [0.2, 0.25) is 0 Å². The minimum atomic E-state index is -1.73. The first-order chi connectivity index (χ1) is 29.1. The van der Waals surface area contributed by atoms with E-state index in [1.54, 1.807) is 6.07 Å². The molecule has 2 amide bonds. The number of aromatic nitrogens is 1. The summed E-state index contributed by atoms with van der Waals surface area (Å²) in [5, 5.41) is 36.7. The van der Waals surface area contributed by atoms with Crippen LogP contribution in [0.4, 0.5) is 9.59 Å². The third-order valence-electron chi connectivity index (χ3n) is 9.98. The Kier molecular flexibility index (Phi) is 19.7. The second-order valence-corrected chi connectivity index (χ2v) is 15.6. The fourth-order valence-corrected chi connectivity index (χ4v) is 8.37. The van der Waals surface area contributed by atoms with Gasteiger partial charge < -0.3 is 78.3 Å². The third kappa shape index (κ3) is 14.1. The first kappa shape index (κ1) is 47.6. The third-order valence-corrected chi connectivity index (χ3v) is 11.3. The number of hydrogen-bond donors (Lipinski definition) is 6. The number of ether oxygens (including phenoxy) is 10. The van der Waals surface area contributed by atoms with Crippen LogP contribution < -0.4 is 20.1 Å². The second-order valence-electron chi connectivity index (χ2n) is 13.9. The molecule has 8 atom stereocenters. The summed E-state index contributed by atoms with van der Waals surface area (Å²) in [6.45, 7) is 3.50. The fraction of sp³-hybridized carbons (Fsp3) is 0.667. The summed E-state index contributed by atoms with van der Waals surface area (Å²) < 4.78 is 55.4. The summed E-state index contributed by atoms with van der Waals surface area (Å²) in [5.74, 6) is 7.79. The lowest BCUT2D eigenvalue weighted by Gasteiger charge is -2.38. The number of fused-ring (bicyclic) bond motifs is 2. The quantitative estimate of drug-likeness (QED) is 0.0383. The molecule has 1 saturated heterocycles. The number of benzene rings is 1. The molecule has 6 N–H and O–H groups in total. The van der Waals surface area contributed by atoms with Crippen LogP contribution in [-0.4, -0.2) is 162 Å². The van der Waals surface area contributed by atoms with Crippen LogP contribution in [-0.2, 0) is 42.7 Å². The SMILES string of the molecule is COC(=O)[C@H]1O[C@@H](Oc2c[nH]c3cc(Br)c(OCCOCCOCCOC(=O)NCCOCCOCCNC(=O)OCC4[C@H]5CCC#CCC[C@@H]45)c(Br)c23)[C@H](O)[C@@H](O)[C@@H]1O. The van der Waals surface area contributed by atoms with Crippen LogP contribution in [0.3, 0.4) is 0 Å². The Morgan fingerprint density at radius 2 is 1.38 bits per heavy atom. The zero-order valence-corrected chi connectivity index (χ0v) is 36.4. The van der Waals surface area contributed by atoms with Crippen molar-refractivity contribution in [1.29, 1.82) is 0 Å². The molecule has 2 fully saturated rings. The number of hydrogen-bond acceptors (Lipinski definition) is 16. The second kappa shape index (κ2) is 24.9. The minimum absolute atomic E-state index is 0.0535. The van der Waals surface area contributed by atoms with E-state index in [9.17, 15) is 29.7 Å². The molecule has 60 heavy (non-hydrogen) atoms. The smallest absolute Gasteiger partial charge is 0.407 e. The number of H-pyrrole nitrogens is 1. The van der Waals surface area contributed by atoms with Crippen molar-refractivity contribution >= 4 is 60.9 Å². The number of aliphatic hydroxyl groups is 3. The van der Waals surface area contributed by atoms with Gasteiger partial charge in [-0.05, 0) is 68.5 Å². The molecule has 19 nitrogen and oxygen atoms in total. The Morgan fingerprint density at radius 3 is 2.02 bits per heavy atom. The Balaban J connectivity index is 0.833. The molecule has 1 unspecified atom stereocenters. The van der Waals surface area contributed by atoms with E-state index in [4.69, 9.17) is 42.6 Å². The van der Waals surface area contributed by atoms with Gasteiger partial charge in [-0.25, -0.2) is 14.4 Å². The number of alkyl carbamates (subject to hydrolysis) is 2. The maximum Gasteiger partial charge on any atom is 0.407 e. The van der Waals surface area contributed by atoms with Gasteiger partial charge in [-0.1, -0.05) is 0 Å². The molecule has 1 aromatic carbocycles. The Hall–Kier alpha value is -3.43. The molecule has 2 aliphatic carbocycles. The summed E-state index contributed by atoms with van der Waals surface area (Å²) in [6.07, 6.45) is -3.68. The molecule has 334 valence electrons. The number of aromatic amines is 1. The molecule has 21 heteroatoms. The van der Waals surface area contributed by atoms with Crippen LogP contribution >= 0.6 is 31.9 Å². The maximum absolute atomic E-state index is 12.1. The van der Waals surface area contributed by atoms with Gasteiger partial charge in [0.1, 0.15) is 43.0 Å². The number of carbonyl (C=O) groups excluding carboxylic acids is 3. The summed E-state index contributed by atoms with van der Waals surface area (Å²) in [6, 6.07) is 1.75. The van der Waals surface area contributed by atoms with Crippen molar-refractivity contribution in [3.05, 3.63) is 21.2 Å². The number of methoxy groups -OCH3 is 1. The summed E-state index contributed by atoms with van der Waals surface area (Å²) >= 11 is 7.03. The summed E-state index contributed by atoms with van der Waals surface area (Å²) in [4.78, 5) is 38.9. The molecule has 0 radical (unpaired) electrons. The van der Waals surface area contributed by atoms with E-state index in [-0.39, 0.29) is 58.5 Å². The largest absolute Gasteiger partial charge is 0.489 e. The fourth-order valence-electron chi connectivity index (χ4n) is 6.82. The number of rotatable bonds is 24. The van der Waals surface area contributed by atoms with Crippen LogP contribution in [0.25, 0.3) is 10.9 Å². The predicted molar refractivity (Wildman–Crippen MR) is 217 cm³/mol. The molecule has 0 bridgehead atoms. The standard InChI is InChI=1S/C39H53Br2N3O16/c1-51-36(48)35-32(46)31(45)33(47)37(60-35)59-28-21-44-27-20-26(40)34(30(41)29(27)28)56-18-16-54-14-15-55-17-19-57-38(49)42-8-10-52-12-13-53-11-9-43-39(50)58-22-25-23-6-4-2-3-5-7-24(23)25/h20-21,23-25,31-33,35,37,44-47H,4-19,22H2,1H3,(H,42,49)(H,43,50)/t23-,24+,25?,31-,32-,33+,35-,37+/m0/s1. The zero-order valence-electron chi connectivity index (χ0n) is 33.2. The highest BCUT2D eigenvalue weighted by Crippen LogP contribution is 2.52. The molecule has 2 heterocycles. The lowest BCUT2D eigenvalue weighted by molar-refractivity contribution is -0.271. The van der Waals surface area contributed by atoms with E-state index < -0.39 is 48.9 Å². The van der Waals surface area contributed by atoms with Crippen LogP contribution in [0.1, 0.15) is 25.7 Å². The maximum atomic E-state index is 12.1. The highest BCUT2D eigenvalue weighted by Gasteiger charge is 2.50. The molecule has 0 spiro atoms. The number of aliphatic hydroxyl groups excluding tert-OH is 3. The number of amides is 2. The molecular formula is C39H53Br2N3O16. The lowest BCUT2D eigenvalue weighted by Crippen LogP contribution is -2.61. The number of halogens is 2. The molecule has 2 aromatic rings. The summed E-state index contributed by atoms with van der Waals surface area (Å²) in [5.41, 5.74) is 0.623. The molecule has 5 rings (SSSR count). The zero-order chi connectivity index (χ0) is 42.9. The highest BCUT2D eigenvalue weighted by molar-refractivity contribution is 9.11. The van der Waals surface area contributed by atoms with Crippen molar-refractivity contribution in [1.82, 2.24) is 15.6 Å². The van der Waals surface area contributed by atoms with E-state index in [0.29, 0.717) is 76.3 Å². The van der Waals surface area contributed by atoms with E-state index >= 15 is 0 Å². The van der Waals surface area contributed by atoms with Crippen LogP contribution in [0, 0.1) is 29.6 Å². The predicted octanol–water partition coefficient (Wildman–Crippen LogP) is 2.39. The normalized spacial score (nSPS) is 24.5. The summed E-state index contributed by atoms with van der Waals surface area (Å²) in [7, 11) is 1.10. The van der Waals surface area contributed by atoms with Crippen molar-refractivity contribution in [3.8, 4) is 23.3 Å². The van der Waals surface area contributed by atoms with Gasteiger partial charge in [0.2, 0.25) is 6.29 Å². The monoisotopic (exact) mass is 977 g/mol.